The van der Waals surface area contributed by atoms with Crippen LogP contribution < -0.4 is 21.2 Å². The third-order valence-corrected chi connectivity index (χ3v) is 9.22. The number of halogens is 2. The van der Waals surface area contributed by atoms with Gasteiger partial charge in [0.05, 0.1) is 11.4 Å². The van der Waals surface area contributed by atoms with Crippen molar-refractivity contribution in [3.63, 3.8) is 0 Å². The minimum Gasteiger partial charge on any atom is -0.369 e. The number of unbranched alkanes of at least 4 members (excludes halogenated alkanes) is 2. The minimum atomic E-state index is 0.252. The standard InChI is InChI=1S/C20H30N4.C17H18Cl2N2/c1-17-22-19-12-6-2-5-11-18(19)20(23-17)21-13-7-3-8-14-24-15-9-4-10-16-24;18-15-5-1-13(2-6-15)17(21-11-9-20-10-12-21)14-3-7-16(19)8-4-14/h2,6,11-12H,3-5,7-10,13-16H2,1H3,(H,21,22,23);1-8,17,20H,9-12H2. The average molecular weight is 648 g/mol. The molecule has 0 saturated carbocycles. The quantitative estimate of drug-likeness (QED) is 0.250. The van der Waals surface area contributed by atoms with Crippen molar-refractivity contribution in [2.24, 2.45) is 0 Å². The van der Waals surface area contributed by atoms with Gasteiger partial charge in [-0.15, -0.1) is 0 Å². The number of benzene rings is 2. The second-order valence-electron chi connectivity index (χ2n) is 12.1. The van der Waals surface area contributed by atoms with Crippen LogP contribution in [0.25, 0.3) is 12.2 Å². The molecule has 0 unspecified atom stereocenters. The van der Waals surface area contributed by atoms with Crippen LogP contribution in [-0.4, -0.2) is 72.1 Å². The second kappa shape index (κ2) is 17.8. The molecule has 3 aliphatic rings. The summed E-state index contributed by atoms with van der Waals surface area (Å²) in [5, 5.41) is 10.7. The Labute approximate surface area is 279 Å². The van der Waals surface area contributed by atoms with Crippen molar-refractivity contribution in [3.8, 4) is 0 Å². The molecule has 0 atom stereocenters. The van der Waals surface area contributed by atoms with Crippen molar-refractivity contribution in [1.29, 1.82) is 0 Å². The number of anilines is 1. The normalized spacial score (nSPS) is 17.0. The molecule has 2 fully saturated rings. The molecule has 3 heterocycles. The predicted octanol–water partition coefficient (Wildman–Crippen LogP) is 6.36. The maximum atomic E-state index is 6.03. The van der Waals surface area contributed by atoms with Crippen LogP contribution in [0.1, 0.15) is 67.9 Å². The molecule has 8 heteroatoms. The summed E-state index contributed by atoms with van der Waals surface area (Å²) >= 11 is 12.1. The molecule has 2 saturated heterocycles. The Morgan fingerprint density at radius 3 is 2.16 bits per heavy atom. The molecule has 0 amide bonds. The van der Waals surface area contributed by atoms with E-state index in [1.807, 2.05) is 31.2 Å². The van der Waals surface area contributed by atoms with Gasteiger partial charge < -0.3 is 15.5 Å². The number of aromatic nitrogens is 2. The van der Waals surface area contributed by atoms with Crippen LogP contribution in [-0.2, 0) is 0 Å². The smallest absolute Gasteiger partial charge is 0.137 e. The number of nitrogens with one attached hydrogen (secondary N) is 2. The van der Waals surface area contributed by atoms with E-state index in [0.717, 1.165) is 71.4 Å². The zero-order valence-electron chi connectivity index (χ0n) is 26.7. The van der Waals surface area contributed by atoms with E-state index in [2.05, 4.69) is 79.0 Å². The van der Waals surface area contributed by atoms with Gasteiger partial charge >= 0.3 is 0 Å². The molecule has 0 radical (unpaired) electrons. The summed E-state index contributed by atoms with van der Waals surface area (Å²) < 4.78 is 0. The van der Waals surface area contributed by atoms with E-state index in [1.54, 1.807) is 0 Å². The van der Waals surface area contributed by atoms with Crippen molar-refractivity contribution in [1.82, 2.24) is 25.1 Å². The topological polar surface area (TPSA) is 56.3 Å². The van der Waals surface area contributed by atoms with Gasteiger partial charge in [0.15, 0.2) is 0 Å². The molecule has 3 aromatic rings. The average Bonchev–Trinajstić information content (AvgIpc) is 3.31. The van der Waals surface area contributed by atoms with Gasteiger partial charge in [-0.1, -0.05) is 78.5 Å². The number of hydrogen-bond acceptors (Lipinski definition) is 6. The van der Waals surface area contributed by atoms with Crippen LogP contribution in [0.4, 0.5) is 5.82 Å². The zero-order chi connectivity index (χ0) is 31.3. The first-order valence-corrected chi connectivity index (χ1v) is 17.5. The molecular formula is C37H48Cl2N6. The highest BCUT2D eigenvalue weighted by Gasteiger charge is 2.23. The van der Waals surface area contributed by atoms with Crippen molar-refractivity contribution >= 4 is 41.2 Å². The SMILES string of the molecule is Cc1nc(NCCCCCN2CCCCC2)c2c(n1)=CC=CCC=2.Clc1ccc(C(c2ccc(Cl)cc2)N2CCNCC2)cc1. The fourth-order valence-electron chi connectivity index (χ4n) is 6.36. The Balaban J connectivity index is 0.000000179. The number of piperazine rings is 1. The molecule has 0 spiro atoms. The van der Waals surface area contributed by atoms with Crippen LogP contribution in [0, 0.1) is 6.92 Å². The molecule has 6 rings (SSSR count). The van der Waals surface area contributed by atoms with Gasteiger partial charge in [0.2, 0.25) is 0 Å². The third kappa shape index (κ3) is 10.4. The summed E-state index contributed by atoms with van der Waals surface area (Å²) in [6.07, 6.45) is 17.5. The summed E-state index contributed by atoms with van der Waals surface area (Å²) in [7, 11) is 0. The number of hydrogen-bond donors (Lipinski definition) is 2. The first-order valence-electron chi connectivity index (χ1n) is 16.7. The van der Waals surface area contributed by atoms with Crippen molar-refractivity contribution in [2.45, 2.75) is 57.9 Å². The largest absolute Gasteiger partial charge is 0.369 e. The summed E-state index contributed by atoms with van der Waals surface area (Å²) in [6.45, 7) is 11.0. The molecule has 1 aliphatic carbocycles. The van der Waals surface area contributed by atoms with E-state index in [9.17, 15) is 0 Å². The van der Waals surface area contributed by atoms with Gasteiger partial charge in [-0.2, -0.15) is 0 Å². The monoisotopic (exact) mass is 646 g/mol. The first kappa shape index (κ1) is 33.6. The van der Waals surface area contributed by atoms with E-state index < -0.39 is 0 Å². The molecule has 1 aromatic heterocycles. The first-order chi connectivity index (χ1) is 22.1. The number of fused-ring (bicyclic) bond motifs is 1. The molecule has 6 nitrogen and oxygen atoms in total. The van der Waals surface area contributed by atoms with Gasteiger partial charge in [0, 0.05) is 48.0 Å². The molecule has 45 heavy (non-hydrogen) atoms. The Kier molecular flexibility index (Phi) is 13.3. The van der Waals surface area contributed by atoms with E-state index in [4.69, 9.17) is 23.2 Å². The van der Waals surface area contributed by atoms with Gasteiger partial charge in [0.1, 0.15) is 11.6 Å². The van der Waals surface area contributed by atoms with E-state index in [-0.39, 0.29) is 6.04 Å². The van der Waals surface area contributed by atoms with E-state index in [0.29, 0.717) is 0 Å². The van der Waals surface area contributed by atoms with E-state index >= 15 is 0 Å². The number of rotatable bonds is 10. The molecular weight excluding hydrogens is 599 g/mol. The van der Waals surface area contributed by atoms with Crippen LogP contribution in [0.15, 0.2) is 60.7 Å². The fourth-order valence-corrected chi connectivity index (χ4v) is 6.61. The van der Waals surface area contributed by atoms with Gasteiger partial charge in [-0.25, -0.2) is 9.97 Å². The Bertz CT molecular complexity index is 1430. The Morgan fingerprint density at radius 1 is 0.822 bits per heavy atom. The van der Waals surface area contributed by atoms with Gasteiger partial charge in [-0.05, 0) is 100 Å². The van der Waals surface area contributed by atoms with Crippen molar-refractivity contribution in [2.75, 3.05) is 57.7 Å². The second-order valence-corrected chi connectivity index (χ2v) is 13.0. The van der Waals surface area contributed by atoms with Crippen molar-refractivity contribution in [3.05, 3.63) is 98.2 Å². The molecule has 0 bridgehead atoms. The minimum absolute atomic E-state index is 0.252. The van der Waals surface area contributed by atoms with Crippen LogP contribution in [0.3, 0.4) is 0 Å². The predicted molar refractivity (Wildman–Crippen MR) is 191 cm³/mol. The lowest BCUT2D eigenvalue weighted by Crippen LogP contribution is -2.45. The van der Waals surface area contributed by atoms with Crippen LogP contribution in [0.2, 0.25) is 10.0 Å². The molecule has 2 aromatic carbocycles. The van der Waals surface area contributed by atoms with Gasteiger partial charge in [0.25, 0.3) is 0 Å². The maximum absolute atomic E-state index is 6.03. The number of nitrogens with zero attached hydrogens (tertiary/aromatic N) is 4. The number of likely N-dealkylation sites (tertiary alicyclic amines) is 1. The molecule has 2 aliphatic heterocycles. The molecule has 240 valence electrons. The van der Waals surface area contributed by atoms with Crippen molar-refractivity contribution < 1.29 is 0 Å². The summed E-state index contributed by atoms with van der Waals surface area (Å²) in [5.41, 5.74) is 2.53. The summed E-state index contributed by atoms with van der Waals surface area (Å²) in [4.78, 5) is 14.3. The summed E-state index contributed by atoms with van der Waals surface area (Å²) in [6, 6.07) is 16.6. The Morgan fingerprint density at radius 2 is 1.49 bits per heavy atom. The lowest BCUT2D eigenvalue weighted by atomic mass is 9.96. The number of piperidine rings is 1. The zero-order valence-corrected chi connectivity index (χ0v) is 28.2. The fraction of sp³-hybridized carbons (Fsp3) is 0.459. The van der Waals surface area contributed by atoms with Crippen LogP contribution >= 0.6 is 23.2 Å². The number of aryl methyl sites for hydroxylation is 1. The van der Waals surface area contributed by atoms with Gasteiger partial charge in [-0.3, -0.25) is 4.90 Å². The van der Waals surface area contributed by atoms with Crippen LogP contribution in [0.5, 0.6) is 0 Å². The highest BCUT2D eigenvalue weighted by Crippen LogP contribution is 2.30. The summed E-state index contributed by atoms with van der Waals surface area (Å²) in [5.74, 6) is 1.83. The highest BCUT2D eigenvalue weighted by molar-refractivity contribution is 6.30. The van der Waals surface area contributed by atoms with E-state index in [1.165, 1.54) is 69.3 Å². The maximum Gasteiger partial charge on any atom is 0.137 e. The Hall–Kier alpha value is -2.74. The number of allylic oxidation sites excluding steroid dienone is 2. The molecule has 2 N–H and O–H groups in total. The highest BCUT2D eigenvalue weighted by atomic mass is 35.5. The lowest BCUT2D eigenvalue weighted by molar-refractivity contribution is 0.198. The third-order valence-electron chi connectivity index (χ3n) is 8.72. The lowest BCUT2D eigenvalue weighted by Gasteiger charge is -2.35.